The van der Waals surface area contributed by atoms with Crippen molar-refractivity contribution in [1.29, 1.82) is 5.26 Å². The number of nitrogens with one attached hydrogen (secondary N) is 2. The van der Waals surface area contributed by atoms with Crippen molar-refractivity contribution in [2.75, 3.05) is 5.32 Å². The summed E-state index contributed by atoms with van der Waals surface area (Å²) >= 11 is 0. The zero-order valence-electron chi connectivity index (χ0n) is 17.3. The molecule has 0 fully saturated rings. The summed E-state index contributed by atoms with van der Waals surface area (Å²) in [6, 6.07) is 18.8. The van der Waals surface area contributed by atoms with E-state index in [2.05, 4.69) is 32.4 Å². The molecule has 5 rings (SSSR count). The number of nitriles is 1. The zero-order chi connectivity index (χ0) is 21.9. The number of ether oxygens (including phenoxy) is 1. The van der Waals surface area contributed by atoms with Gasteiger partial charge in [0.2, 0.25) is 11.8 Å². The number of anilines is 2. The Balaban J connectivity index is 1.36. The third-order valence-corrected chi connectivity index (χ3v) is 5.18. The first kappa shape index (κ1) is 19.4. The molecule has 7 nitrogen and oxygen atoms in total. The molecular weight excluding hydrogens is 402 g/mol. The second-order valence-electron chi connectivity index (χ2n) is 7.33. The van der Waals surface area contributed by atoms with Crippen molar-refractivity contribution in [2.24, 2.45) is 0 Å². The molecule has 0 aliphatic heterocycles. The summed E-state index contributed by atoms with van der Waals surface area (Å²) in [5, 5.41) is 13.1. The molecule has 0 saturated heterocycles. The first-order valence-corrected chi connectivity index (χ1v) is 10.1. The van der Waals surface area contributed by atoms with Crippen molar-refractivity contribution in [2.45, 2.75) is 13.3 Å². The Kier molecular flexibility index (Phi) is 5.02. The number of aromatic amines is 1. The largest absolute Gasteiger partial charge is 0.464 e. The van der Waals surface area contributed by atoms with Gasteiger partial charge in [0, 0.05) is 52.8 Å². The third kappa shape index (κ3) is 3.89. The van der Waals surface area contributed by atoms with Crippen molar-refractivity contribution < 1.29 is 9.15 Å². The summed E-state index contributed by atoms with van der Waals surface area (Å²) in [6.45, 7) is 1.97. The SMILES string of the molecule is Cc1c(Oc2ccnc(Nc3ccc(C#N)cc3)n2)ccc2c(Cc3ccc[nH]3)coc12. The Morgan fingerprint density at radius 1 is 1.12 bits per heavy atom. The van der Waals surface area contributed by atoms with Crippen LogP contribution in [-0.4, -0.2) is 15.0 Å². The van der Waals surface area contributed by atoms with E-state index in [1.54, 1.807) is 42.8 Å². The van der Waals surface area contributed by atoms with Crippen LogP contribution in [-0.2, 0) is 6.42 Å². The second-order valence-corrected chi connectivity index (χ2v) is 7.33. The highest BCUT2D eigenvalue weighted by atomic mass is 16.5. The molecule has 3 aromatic heterocycles. The Labute approximate surface area is 184 Å². The summed E-state index contributed by atoms with van der Waals surface area (Å²) in [6.07, 6.45) is 6.12. The quantitative estimate of drug-likeness (QED) is 0.356. The lowest BCUT2D eigenvalue weighted by atomic mass is 10.1. The zero-order valence-corrected chi connectivity index (χ0v) is 17.3. The van der Waals surface area contributed by atoms with Crippen LogP contribution in [0.3, 0.4) is 0 Å². The molecule has 0 atom stereocenters. The van der Waals surface area contributed by atoms with Crippen LogP contribution in [0.2, 0.25) is 0 Å². The highest BCUT2D eigenvalue weighted by Gasteiger charge is 2.14. The van der Waals surface area contributed by atoms with Crippen LogP contribution in [0.4, 0.5) is 11.6 Å². The molecule has 156 valence electrons. The van der Waals surface area contributed by atoms with Crippen molar-refractivity contribution in [3.63, 3.8) is 0 Å². The minimum absolute atomic E-state index is 0.400. The lowest BCUT2D eigenvalue weighted by Crippen LogP contribution is -1.99. The van der Waals surface area contributed by atoms with E-state index >= 15 is 0 Å². The molecule has 0 radical (unpaired) electrons. The Morgan fingerprint density at radius 3 is 2.78 bits per heavy atom. The lowest BCUT2D eigenvalue weighted by molar-refractivity contribution is 0.458. The van der Waals surface area contributed by atoms with Crippen LogP contribution in [0.15, 0.2) is 77.7 Å². The normalized spacial score (nSPS) is 10.8. The fraction of sp³-hybridized carbons (Fsp3) is 0.0800. The van der Waals surface area contributed by atoms with Gasteiger partial charge >= 0.3 is 0 Å². The standard InChI is InChI=1S/C25H19N5O2/c1-16-22(9-8-21-18(15-31-24(16)21)13-20-3-2-11-27-20)32-23-10-12-28-25(30-23)29-19-6-4-17(14-26)5-7-19/h2-12,15,27H,13H2,1H3,(H,28,29,30). The van der Waals surface area contributed by atoms with Gasteiger partial charge in [-0.15, -0.1) is 0 Å². The summed E-state index contributed by atoms with van der Waals surface area (Å²) < 4.78 is 11.9. The summed E-state index contributed by atoms with van der Waals surface area (Å²) in [5.41, 5.74) is 5.33. The van der Waals surface area contributed by atoms with Crippen molar-refractivity contribution in [3.8, 4) is 17.7 Å². The number of hydrogen-bond acceptors (Lipinski definition) is 6. The van der Waals surface area contributed by atoms with Crippen LogP contribution in [0.5, 0.6) is 11.6 Å². The molecule has 0 saturated carbocycles. The fourth-order valence-corrected chi connectivity index (χ4v) is 3.53. The van der Waals surface area contributed by atoms with Gasteiger partial charge in [0.1, 0.15) is 11.3 Å². The Hall–Kier alpha value is -4.57. The van der Waals surface area contributed by atoms with Gasteiger partial charge in [-0.05, 0) is 55.5 Å². The lowest BCUT2D eigenvalue weighted by Gasteiger charge is -2.10. The topological polar surface area (TPSA) is 99.8 Å². The van der Waals surface area contributed by atoms with E-state index in [-0.39, 0.29) is 0 Å². The van der Waals surface area contributed by atoms with Gasteiger partial charge in [0.05, 0.1) is 17.9 Å². The number of fused-ring (bicyclic) bond motifs is 1. The van der Waals surface area contributed by atoms with E-state index < -0.39 is 0 Å². The Morgan fingerprint density at radius 2 is 2.00 bits per heavy atom. The van der Waals surface area contributed by atoms with Gasteiger partial charge in [-0.3, -0.25) is 0 Å². The van der Waals surface area contributed by atoms with Gasteiger partial charge in [0.25, 0.3) is 0 Å². The average Bonchev–Trinajstić information content (AvgIpc) is 3.47. The van der Waals surface area contributed by atoms with Crippen LogP contribution >= 0.6 is 0 Å². The van der Waals surface area contributed by atoms with Crippen molar-refractivity contribution >= 4 is 22.6 Å². The molecule has 7 heteroatoms. The fourth-order valence-electron chi connectivity index (χ4n) is 3.53. The maximum Gasteiger partial charge on any atom is 0.230 e. The van der Waals surface area contributed by atoms with E-state index in [4.69, 9.17) is 14.4 Å². The average molecular weight is 421 g/mol. The molecule has 32 heavy (non-hydrogen) atoms. The first-order chi connectivity index (χ1) is 15.7. The third-order valence-electron chi connectivity index (χ3n) is 5.18. The predicted molar refractivity (Wildman–Crippen MR) is 121 cm³/mol. The van der Waals surface area contributed by atoms with Gasteiger partial charge in [-0.1, -0.05) is 0 Å². The molecule has 0 aliphatic rings. The summed E-state index contributed by atoms with van der Waals surface area (Å²) in [5.74, 6) is 1.48. The molecule has 0 bridgehead atoms. The summed E-state index contributed by atoms with van der Waals surface area (Å²) in [7, 11) is 0. The maximum absolute atomic E-state index is 8.92. The number of aryl methyl sites for hydroxylation is 1. The molecule has 2 N–H and O–H groups in total. The highest BCUT2D eigenvalue weighted by molar-refractivity contribution is 5.86. The molecule has 5 aromatic rings. The van der Waals surface area contributed by atoms with Crippen LogP contribution in [0.25, 0.3) is 11.0 Å². The maximum atomic E-state index is 8.92. The number of aromatic nitrogens is 3. The number of H-pyrrole nitrogens is 1. The van der Waals surface area contributed by atoms with Gasteiger partial charge in [0.15, 0.2) is 0 Å². The van der Waals surface area contributed by atoms with Gasteiger partial charge in [-0.25, -0.2) is 4.98 Å². The second kappa shape index (κ2) is 8.28. The number of benzene rings is 2. The van der Waals surface area contributed by atoms with E-state index in [1.807, 2.05) is 31.3 Å². The molecule has 0 spiro atoms. The van der Waals surface area contributed by atoms with E-state index in [1.165, 1.54) is 0 Å². The minimum Gasteiger partial charge on any atom is -0.464 e. The Bertz CT molecular complexity index is 1410. The summed E-state index contributed by atoms with van der Waals surface area (Å²) in [4.78, 5) is 11.9. The van der Waals surface area contributed by atoms with E-state index in [0.29, 0.717) is 23.1 Å². The minimum atomic E-state index is 0.400. The molecule has 0 amide bonds. The van der Waals surface area contributed by atoms with E-state index in [9.17, 15) is 0 Å². The molecular formula is C25H19N5O2. The van der Waals surface area contributed by atoms with Crippen molar-refractivity contribution in [3.05, 3.63) is 95.6 Å². The molecule has 0 unspecified atom stereocenters. The number of rotatable bonds is 6. The highest BCUT2D eigenvalue weighted by Crippen LogP contribution is 2.33. The molecule has 3 heterocycles. The number of hydrogen-bond donors (Lipinski definition) is 2. The molecule has 2 aromatic carbocycles. The first-order valence-electron chi connectivity index (χ1n) is 10.1. The predicted octanol–water partition coefficient (Wildman–Crippen LogP) is 5.86. The van der Waals surface area contributed by atoms with Crippen LogP contribution < -0.4 is 10.1 Å². The van der Waals surface area contributed by atoms with E-state index in [0.717, 1.165) is 39.9 Å². The van der Waals surface area contributed by atoms with Crippen molar-refractivity contribution in [1.82, 2.24) is 15.0 Å². The monoisotopic (exact) mass is 421 g/mol. The molecule has 0 aliphatic carbocycles. The number of nitrogens with zero attached hydrogens (tertiary/aromatic N) is 3. The van der Waals surface area contributed by atoms with Gasteiger partial charge < -0.3 is 19.5 Å². The van der Waals surface area contributed by atoms with Crippen LogP contribution in [0.1, 0.15) is 22.4 Å². The number of furan rings is 1. The van der Waals surface area contributed by atoms with Gasteiger partial charge in [-0.2, -0.15) is 10.2 Å². The smallest absolute Gasteiger partial charge is 0.230 e. The van der Waals surface area contributed by atoms with Crippen LogP contribution in [0, 0.1) is 18.3 Å².